The minimum Gasteiger partial charge on any atom is -0.710 e. The van der Waals surface area contributed by atoms with Crippen LogP contribution in [0.1, 0.15) is 0 Å². The number of hydrogen-bond acceptors (Lipinski definition) is 3. The van der Waals surface area contributed by atoms with Gasteiger partial charge in [-0.3, -0.25) is 0 Å². The topological polar surface area (TPSA) is 82.6 Å². The van der Waals surface area contributed by atoms with E-state index in [4.69, 9.17) is 0 Å². The van der Waals surface area contributed by atoms with Gasteiger partial charge in [-0.15, -0.1) is 0 Å². The molecule has 6 heteroatoms. The van der Waals surface area contributed by atoms with Gasteiger partial charge in [0.25, 0.3) is 6.33 Å². The van der Waals surface area contributed by atoms with Crippen LogP contribution in [0.25, 0.3) is 11.3 Å². The third-order valence-electron chi connectivity index (χ3n) is 1.37. The van der Waals surface area contributed by atoms with Crippen molar-refractivity contribution >= 4 is 11.3 Å². The average Bonchev–Trinajstić information content (AvgIpc) is 2.45. The van der Waals surface area contributed by atoms with Crippen molar-refractivity contribution in [3.05, 3.63) is 29.1 Å². The van der Waals surface area contributed by atoms with Crippen LogP contribution in [0.15, 0.2) is 18.7 Å². The zero-order valence-corrected chi connectivity index (χ0v) is 5.39. The Morgan fingerprint density at radius 2 is 2.00 bits per heavy atom. The van der Waals surface area contributed by atoms with E-state index >= 15 is 0 Å². The molecule has 0 aliphatic rings. The molecule has 2 aromatic heterocycles. The van der Waals surface area contributed by atoms with Crippen LogP contribution in [0.5, 0.6) is 0 Å². The van der Waals surface area contributed by atoms with E-state index in [0.717, 1.165) is 12.4 Å². The second-order valence-electron chi connectivity index (χ2n) is 2.02. The van der Waals surface area contributed by atoms with Crippen molar-refractivity contribution in [2.24, 2.45) is 0 Å². The van der Waals surface area contributed by atoms with Crippen molar-refractivity contribution in [1.82, 2.24) is 9.97 Å². The summed E-state index contributed by atoms with van der Waals surface area (Å²) in [5.74, 6) is 0. The Labute approximate surface area is 60.9 Å². The first-order valence-corrected chi connectivity index (χ1v) is 2.93. The molecule has 0 spiro atoms. The van der Waals surface area contributed by atoms with Crippen molar-refractivity contribution in [2.45, 2.75) is 0 Å². The lowest BCUT2D eigenvalue weighted by Crippen LogP contribution is -2.36. The van der Waals surface area contributed by atoms with Gasteiger partial charge in [0.05, 0.1) is 0 Å². The van der Waals surface area contributed by atoms with Gasteiger partial charge in [0.2, 0.25) is 0 Å². The molecular formula is C5H4N4O2. The van der Waals surface area contributed by atoms with Crippen LogP contribution < -0.4 is 9.46 Å². The van der Waals surface area contributed by atoms with Crippen LogP contribution in [-0.2, 0) is 0 Å². The third kappa shape index (κ3) is 0.689. The maximum Gasteiger partial charge on any atom is 0.421 e. The Hall–Kier alpha value is -1.85. The number of aromatic amines is 1. The second kappa shape index (κ2) is 1.82. The minimum atomic E-state index is 0.0995. The van der Waals surface area contributed by atoms with E-state index in [9.17, 15) is 10.4 Å². The zero-order chi connectivity index (χ0) is 7.84. The monoisotopic (exact) mass is 152 g/mol. The molecule has 2 rings (SSSR count). The largest absolute Gasteiger partial charge is 0.710 e. The maximum absolute atomic E-state index is 10.9. The summed E-state index contributed by atoms with van der Waals surface area (Å²) < 4.78 is 1.08. The van der Waals surface area contributed by atoms with Gasteiger partial charge in [0.1, 0.15) is 12.4 Å². The fraction of sp³-hybridized carbons (Fsp3) is 0. The van der Waals surface area contributed by atoms with Gasteiger partial charge in [-0.1, -0.05) is 0 Å². The summed E-state index contributed by atoms with van der Waals surface area (Å²) in [5.41, 5.74) is 0.269. The third-order valence-corrected chi connectivity index (χ3v) is 1.37. The summed E-state index contributed by atoms with van der Waals surface area (Å²) in [5, 5.41) is 21.8. The van der Waals surface area contributed by atoms with Crippen molar-refractivity contribution in [2.75, 3.05) is 0 Å². The molecule has 0 bridgehead atoms. The highest BCUT2D eigenvalue weighted by atomic mass is 16.5. The lowest BCUT2D eigenvalue weighted by Gasteiger charge is -2.02. The van der Waals surface area contributed by atoms with Crippen LogP contribution in [0.2, 0.25) is 0 Å². The zero-order valence-electron chi connectivity index (χ0n) is 5.39. The number of nitrogens with one attached hydrogen (secondary N) is 1. The molecular weight excluding hydrogens is 148 g/mol. The van der Waals surface area contributed by atoms with Gasteiger partial charge < -0.3 is 10.4 Å². The van der Waals surface area contributed by atoms with Gasteiger partial charge in [-0.25, -0.2) is 14.4 Å². The molecule has 0 atom stereocenters. The van der Waals surface area contributed by atoms with Gasteiger partial charge in [0.15, 0.2) is 0 Å². The second-order valence-corrected chi connectivity index (χ2v) is 2.02. The standard InChI is InChI=1S/C5H4N4O2/c10-8-1-2-9(11)5-4(8)6-3-7-5/h1-3H,(H,6,7). The van der Waals surface area contributed by atoms with E-state index in [2.05, 4.69) is 9.97 Å². The molecule has 0 aliphatic heterocycles. The summed E-state index contributed by atoms with van der Waals surface area (Å²) in [6.45, 7) is 0. The number of nitrogens with zero attached hydrogens (tertiary/aromatic N) is 3. The fourth-order valence-corrected chi connectivity index (χ4v) is 0.870. The van der Waals surface area contributed by atoms with E-state index in [1.807, 2.05) is 0 Å². The molecule has 11 heavy (non-hydrogen) atoms. The predicted molar refractivity (Wildman–Crippen MR) is 34.0 cm³/mol. The van der Waals surface area contributed by atoms with Crippen molar-refractivity contribution in [3.63, 3.8) is 0 Å². The Balaban J connectivity index is 2.96. The molecule has 6 nitrogen and oxygen atoms in total. The molecule has 0 unspecified atom stereocenters. The van der Waals surface area contributed by atoms with Crippen LogP contribution in [0.3, 0.4) is 0 Å². The molecule has 0 aromatic carbocycles. The first-order valence-electron chi connectivity index (χ1n) is 2.93. The van der Waals surface area contributed by atoms with Crippen LogP contribution in [0.4, 0.5) is 0 Å². The number of rotatable bonds is 0. The molecule has 2 heterocycles. The molecule has 56 valence electrons. The number of hydrogen-bond donors (Lipinski definition) is 1. The van der Waals surface area contributed by atoms with E-state index < -0.39 is 0 Å². The number of fused-ring (bicyclic) bond motifs is 1. The maximum atomic E-state index is 10.9. The molecule has 0 radical (unpaired) electrons. The van der Waals surface area contributed by atoms with Gasteiger partial charge >= 0.3 is 11.3 Å². The summed E-state index contributed by atoms with van der Waals surface area (Å²) in [6, 6.07) is 0. The molecule has 0 saturated carbocycles. The van der Waals surface area contributed by atoms with E-state index in [0.29, 0.717) is 9.46 Å². The summed E-state index contributed by atoms with van der Waals surface area (Å²) in [6.07, 6.45) is 3.52. The summed E-state index contributed by atoms with van der Waals surface area (Å²) in [7, 11) is 0. The minimum absolute atomic E-state index is 0.0995. The van der Waals surface area contributed by atoms with Crippen molar-refractivity contribution in [1.29, 1.82) is 0 Å². The summed E-state index contributed by atoms with van der Waals surface area (Å²) in [4.78, 5) is 6.20. The van der Waals surface area contributed by atoms with Gasteiger partial charge in [-0.2, -0.15) is 0 Å². The lowest BCUT2D eigenvalue weighted by atomic mass is 10.7. The van der Waals surface area contributed by atoms with E-state index in [1.165, 1.54) is 6.33 Å². The van der Waals surface area contributed by atoms with Gasteiger partial charge in [-0.05, 0) is 0 Å². The highest BCUT2D eigenvalue weighted by Gasteiger charge is 2.13. The lowest BCUT2D eigenvalue weighted by molar-refractivity contribution is -0.630. The smallest absolute Gasteiger partial charge is 0.421 e. The highest BCUT2D eigenvalue weighted by Crippen LogP contribution is 1.93. The van der Waals surface area contributed by atoms with Crippen molar-refractivity contribution in [3.8, 4) is 0 Å². The fourth-order valence-electron chi connectivity index (χ4n) is 0.870. The van der Waals surface area contributed by atoms with Crippen LogP contribution in [0, 0.1) is 10.4 Å². The molecule has 1 N–H and O–H groups in total. The SMILES string of the molecule is [O-][n+]1cc[n+]([O-])c2[nH]cnc21. The summed E-state index contributed by atoms with van der Waals surface area (Å²) >= 11 is 0. The molecule has 0 fully saturated rings. The van der Waals surface area contributed by atoms with Crippen LogP contribution in [-0.4, -0.2) is 9.97 Å². The van der Waals surface area contributed by atoms with Crippen molar-refractivity contribution < 1.29 is 9.46 Å². The van der Waals surface area contributed by atoms with E-state index in [1.54, 1.807) is 0 Å². The predicted octanol–water partition coefficient (Wildman–Crippen LogP) is -1.17. The Kier molecular flexibility index (Phi) is 0.974. The number of H-pyrrole nitrogens is 1. The normalized spacial score (nSPS) is 10.5. The molecule has 0 saturated heterocycles. The molecule has 2 aromatic rings. The Morgan fingerprint density at radius 3 is 2.73 bits per heavy atom. The van der Waals surface area contributed by atoms with E-state index in [-0.39, 0.29) is 11.3 Å². The molecule has 0 amide bonds. The highest BCUT2D eigenvalue weighted by molar-refractivity contribution is 5.55. The average molecular weight is 152 g/mol. The number of aromatic nitrogens is 4. The Bertz CT molecular complexity index is 360. The Morgan fingerprint density at radius 1 is 1.27 bits per heavy atom. The first kappa shape index (κ1) is 5.90. The van der Waals surface area contributed by atoms with Gasteiger partial charge in [0, 0.05) is 4.98 Å². The molecule has 0 aliphatic carbocycles. The quantitative estimate of drug-likeness (QED) is 0.381. The number of imidazole rings is 1. The van der Waals surface area contributed by atoms with Crippen LogP contribution >= 0.6 is 0 Å². The first-order chi connectivity index (χ1) is 5.29.